The Morgan fingerprint density at radius 2 is 2.14 bits per heavy atom. The van der Waals surface area contributed by atoms with Crippen LogP contribution < -0.4 is 5.32 Å². The van der Waals surface area contributed by atoms with Gasteiger partial charge in [-0.05, 0) is 43.7 Å². The van der Waals surface area contributed by atoms with Crippen molar-refractivity contribution in [3.05, 3.63) is 28.7 Å². The first-order chi connectivity index (χ1) is 6.84. The van der Waals surface area contributed by atoms with Gasteiger partial charge in [-0.1, -0.05) is 15.9 Å². The summed E-state index contributed by atoms with van der Waals surface area (Å²) in [6.07, 6.45) is 2.68. The van der Waals surface area contributed by atoms with Crippen LogP contribution >= 0.6 is 27.7 Å². The summed E-state index contributed by atoms with van der Waals surface area (Å²) in [6, 6.07) is 9.27. The molecule has 0 radical (unpaired) electrons. The van der Waals surface area contributed by atoms with Crippen LogP contribution in [0.2, 0.25) is 0 Å². The Morgan fingerprint density at radius 1 is 1.36 bits per heavy atom. The van der Waals surface area contributed by atoms with E-state index in [4.69, 9.17) is 0 Å². The van der Waals surface area contributed by atoms with E-state index >= 15 is 0 Å². The first kappa shape index (κ1) is 10.5. The molecule has 76 valence electrons. The number of thioether (sulfide) groups is 1. The molecule has 0 bridgehead atoms. The normalized spacial score (nSPS) is 21.4. The molecule has 0 spiro atoms. The maximum Gasteiger partial charge on any atom is 0.0176 e. The Labute approximate surface area is 97.8 Å². The minimum Gasteiger partial charge on any atom is -0.313 e. The van der Waals surface area contributed by atoms with Crippen LogP contribution in [0.4, 0.5) is 0 Å². The van der Waals surface area contributed by atoms with Crippen molar-refractivity contribution >= 4 is 27.7 Å². The lowest BCUT2D eigenvalue weighted by molar-refractivity contribution is 0.674. The molecular formula is C11H14BrNS. The second-order valence-corrected chi connectivity index (χ2v) is 5.57. The molecule has 1 fully saturated rings. The predicted octanol–water partition coefficient (Wildman–Crippen LogP) is 3.29. The monoisotopic (exact) mass is 271 g/mol. The Kier molecular flexibility index (Phi) is 3.90. The van der Waals surface area contributed by atoms with E-state index < -0.39 is 0 Å². The molecule has 2 rings (SSSR count). The van der Waals surface area contributed by atoms with Crippen LogP contribution in [0.25, 0.3) is 0 Å². The zero-order chi connectivity index (χ0) is 9.80. The van der Waals surface area contributed by atoms with Gasteiger partial charge in [0.25, 0.3) is 0 Å². The molecule has 14 heavy (non-hydrogen) atoms. The van der Waals surface area contributed by atoms with E-state index in [2.05, 4.69) is 45.5 Å². The highest BCUT2D eigenvalue weighted by atomic mass is 79.9. The van der Waals surface area contributed by atoms with Crippen molar-refractivity contribution in [3.8, 4) is 0 Å². The van der Waals surface area contributed by atoms with Gasteiger partial charge in [0, 0.05) is 21.2 Å². The van der Waals surface area contributed by atoms with E-state index in [0.717, 1.165) is 10.5 Å². The summed E-state index contributed by atoms with van der Waals surface area (Å²) >= 11 is 5.38. The lowest BCUT2D eigenvalue weighted by Gasteiger charge is -2.08. The Hall–Kier alpha value is 0.01000. The minimum atomic E-state index is 0.726. The molecule has 1 nitrogen and oxygen atoms in total. The van der Waals surface area contributed by atoms with Crippen molar-refractivity contribution < 1.29 is 0 Å². The van der Waals surface area contributed by atoms with Gasteiger partial charge in [-0.15, -0.1) is 11.8 Å². The third-order valence-electron chi connectivity index (χ3n) is 2.43. The molecule has 0 aliphatic carbocycles. The molecule has 0 unspecified atom stereocenters. The molecule has 0 amide bonds. The first-order valence-electron chi connectivity index (χ1n) is 4.96. The van der Waals surface area contributed by atoms with E-state index in [0.29, 0.717) is 0 Å². The van der Waals surface area contributed by atoms with Gasteiger partial charge in [-0.3, -0.25) is 0 Å². The average molecular weight is 272 g/mol. The molecule has 1 atom stereocenters. The van der Waals surface area contributed by atoms with Crippen LogP contribution in [-0.4, -0.2) is 18.3 Å². The van der Waals surface area contributed by atoms with E-state index in [1.165, 1.54) is 30.0 Å². The number of nitrogens with one attached hydrogen (secondary N) is 1. The van der Waals surface area contributed by atoms with Crippen LogP contribution in [0, 0.1) is 0 Å². The molecule has 1 N–H and O–H groups in total. The summed E-state index contributed by atoms with van der Waals surface area (Å²) in [7, 11) is 0. The summed E-state index contributed by atoms with van der Waals surface area (Å²) in [6.45, 7) is 1.20. The van der Waals surface area contributed by atoms with Crippen molar-refractivity contribution in [1.82, 2.24) is 5.32 Å². The maximum absolute atomic E-state index is 3.51. The standard InChI is InChI=1S/C11H14BrNS/c12-9-3-5-11(6-4-9)14-8-10-2-1-7-13-10/h3-6,10,13H,1-2,7-8H2/t10-/m1/s1. The van der Waals surface area contributed by atoms with Gasteiger partial charge in [0.2, 0.25) is 0 Å². The number of rotatable bonds is 3. The molecule has 1 saturated heterocycles. The quantitative estimate of drug-likeness (QED) is 0.847. The summed E-state index contributed by atoms with van der Waals surface area (Å²) in [4.78, 5) is 1.36. The van der Waals surface area contributed by atoms with Gasteiger partial charge >= 0.3 is 0 Å². The lowest BCUT2D eigenvalue weighted by Crippen LogP contribution is -2.23. The molecule has 1 aliphatic heterocycles. The number of benzene rings is 1. The second-order valence-electron chi connectivity index (χ2n) is 3.56. The largest absolute Gasteiger partial charge is 0.313 e. The van der Waals surface area contributed by atoms with Crippen molar-refractivity contribution in [2.24, 2.45) is 0 Å². The fourth-order valence-corrected chi connectivity index (χ4v) is 2.90. The minimum absolute atomic E-state index is 0.726. The van der Waals surface area contributed by atoms with Crippen molar-refractivity contribution in [2.75, 3.05) is 12.3 Å². The molecule has 3 heteroatoms. The predicted molar refractivity (Wildman–Crippen MR) is 65.9 cm³/mol. The van der Waals surface area contributed by atoms with Crippen LogP contribution in [0.1, 0.15) is 12.8 Å². The summed E-state index contributed by atoms with van der Waals surface area (Å²) in [5.41, 5.74) is 0. The zero-order valence-corrected chi connectivity index (χ0v) is 10.4. The third-order valence-corrected chi connectivity index (χ3v) is 4.13. The van der Waals surface area contributed by atoms with E-state index in [1.54, 1.807) is 0 Å². The van der Waals surface area contributed by atoms with Gasteiger partial charge in [0.1, 0.15) is 0 Å². The van der Waals surface area contributed by atoms with Gasteiger partial charge < -0.3 is 5.32 Å². The van der Waals surface area contributed by atoms with Crippen LogP contribution in [-0.2, 0) is 0 Å². The van der Waals surface area contributed by atoms with E-state index in [9.17, 15) is 0 Å². The SMILES string of the molecule is Brc1ccc(SC[C@H]2CCCN2)cc1. The lowest BCUT2D eigenvalue weighted by atomic mass is 10.3. The third kappa shape index (κ3) is 3.01. The molecule has 1 heterocycles. The Bertz CT molecular complexity index is 280. The molecule has 0 aromatic heterocycles. The number of hydrogen-bond donors (Lipinski definition) is 1. The zero-order valence-electron chi connectivity index (χ0n) is 8.00. The fourth-order valence-electron chi connectivity index (χ4n) is 1.63. The summed E-state index contributed by atoms with van der Waals surface area (Å²) in [5.74, 6) is 1.20. The van der Waals surface area contributed by atoms with Gasteiger partial charge in [-0.25, -0.2) is 0 Å². The fraction of sp³-hybridized carbons (Fsp3) is 0.455. The van der Waals surface area contributed by atoms with Crippen LogP contribution in [0.3, 0.4) is 0 Å². The molecule has 0 saturated carbocycles. The van der Waals surface area contributed by atoms with Crippen molar-refractivity contribution in [1.29, 1.82) is 0 Å². The Balaban J connectivity index is 1.82. The summed E-state index contributed by atoms with van der Waals surface area (Å²) < 4.78 is 1.15. The van der Waals surface area contributed by atoms with Crippen LogP contribution in [0.15, 0.2) is 33.6 Å². The maximum atomic E-state index is 3.51. The van der Waals surface area contributed by atoms with E-state index in [1.807, 2.05) is 11.8 Å². The van der Waals surface area contributed by atoms with E-state index in [-0.39, 0.29) is 0 Å². The second kappa shape index (κ2) is 5.19. The molecule has 1 aliphatic rings. The molecule has 1 aromatic carbocycles. The van der Waals surface area contributed by atoms with Gasteiger partial charge in [0.15, 0.2) is 0 Å². The number of halogens is 1. The highest BCUT2D eigenvalue weighted by Crippen LogP contribution is 2.23. The smallest absolute Gasteiger partial charge is 0.0176 e. The number of hydrogen-bond acceptors (Lipinski definition) is 2. The van der Waals surface area contributed by atoms with Gasteiger partial charge in [-0.2, -0.15) is 0 Å². The van der Waals surface area contributed by atoms with Crippen molar-refractivity contribution in [2.45, 2.75) is 23.8 Å². The topological polar surface area (TPSA) is 12.0 Å². The van der Waals surface area contributed by atoms with Gasteiger partial charge in [0.05, 0.1) is 0 Å². The highest BCUT2D eigenvalue weighted by Gasteiger charge is 2.13. The Morgan fingerprint density at radius 3 is 2.79 bits per heavy atom. The average Bonchev–Trinajstić information content (AvgIpc) is 2.70. The molecule has 1 aromatic rings. The summed E-state index contributed by atoms with van der Waals surface area (Å²) in [5, 5.41) is 3.51. The highest BCUT2D eigenvalue weighted by molar-refractivity contribution is 9.10. The van der Waals surface area contributed by atoms with Crippen molar-refractivity contribution in [3.63, 3.8) is 0 Å². The van der Waals surface area contributed by atoms with Crippen LogP contribution in [0.5, 0.6) is 0 Å². The first-order valence-corrected chi connectivity index (χ1v) is 6.74. The molecular weight excluding hydrogens is 258 g/mol.